The largest absolute Gasteiger partial charge is 0.393 e. The van der Waals surface area contributed by atoms with Crippen molar-refractivity contribution in [2.75, 3.05) is 6.61 Å². The quantitative estimate of drug-likeness (QED) is 0.341. The predicted octanol–water partition coefficient (Wildman–Crippen LogP) is 1.81. The van der Waals surface area contributed by atoms with Gasteiger partial charge in [-0.2, -0.15) is 0 Å². The van der Waals surface area contributed by atoms with Crippen LogP contribution in [0.1, 0.15) is 39.0 Å². The van der Waals surface area contributed by atoms with E-state index in [-0.39, 0.29) is 6.10 Å². The Kier molecular flexibility index (Phi) is 7.89. The second-order valence-electron chi connectivity index (χ2n) is 2.74. The fourth-order valence-corrected chi connectivity index (χ4v) is 0.927. The molecule has 68 valence electrons. The molecule has 0 aliphatic carbocycles. The first-order chi connectivity index (χ1) is 5.31. The van der Waals surface area contributed by atoms with Gasteiger partial charge in [-0.1, -0.05) is 19.8 Å². The Balaban J connectivity index is 2.89. The summed E-state index contributed by atoms with van der Waals surface area (Å²) in [6.07, 6.45) is 4.44. The molecular weight excluding hydrogens is 144 g/mol. The summed E-state index contributed by atoms with van der Waals surface area (Å²) >= 11 is 0. The number of aliphatic hydroxyl groups is 1. The minimum atomic E-state index is -0.148. The normalized spacial score (nSPS) is 13.4. The van der Waals surface area contributed by atoms with Gasteiger partial charge in [-0.3, -0.25) is 5.26 Å². The topological polar surface area (TPSA) is 49.7 Å². The Morgan fingerprint density at radius 1 is 1.27 bits per heavy atom. The molecule has 0 saturated heterocycles. The lowest BCUT2D eigenvalue weighted by Crippen LogP contribution is -2.03. The first-order valence-corrected chi connectivity index (χ1v) is 4.25. The van der Waals surface area contributed by atoms with Gasteiger partial charge in [0.2, 0.25) is 0 Å². The van der Waals surface area contributed by atoms with Gasteiger partial charge in [0.25, 0.3) is 0 Å². The summed E-state index contributed by atoms with van der Waals surface area (Å²) in [4.78, 5) is 3.91. The summed E-state index contributed by atoms with van der Waals surface area (Å²) in [5.41, 5.74) is 0. The molecule has 0 aromatic rings. The predicted molar refractivity (Wildman–Crippen MR) is 43.3 cm³/mol. The third kappa shape index (κ3) is 7.78. The maximum Gasteiger partial charge on any atom is 0.0819 e. The van der Waals surface area contributed by atoms with Gasteiger partial charge in [-0.15, -0.1) is 0 Å². The molecule has 0 aromatic heterocycles. The Morgan fingerprint density at radius 2 is 2.00 bits per heavy atom. The second kappa shape index (κ2) is 7.98. The van der Waals surface area contributed by atoms with Crippen LogP contribution in [0.5, 0.6) is 0 Å². The third-order valence-corrected chi connectivity index (χ3v) is 1.74. The van der Waals surface area contributed by atoms with Crippen LogP contribution in [0.4, 0.5) is 0 Å². The number of hydrogen-bond donors (Lipinski definition) is 2. The average Bonchev–Trinajstić information content (AvgIpc) is 2.04. The average molecular weight is 162 g/mol. The van der Waals surface area contributed by atoms with E-state index < -0.39 is 0 Å². The molecule has 11 heavy (non-hydrogen) atoms. The zero-order valence-electron chi connectivity index (χ0n) is 7.12. The fraction of sp³-hybridized carbons (Fsp3) is 1.00. The molecule has 0 fully saturated rings. The van der Waals surface area contributed by atoms with E-state index in [1.54, 1.807) is 0 Å². The van der Waals surface area contributed by atoms with Crippen molar-refractivity contribution in [3.05, 3.63) is 0 Å². The number of aliphatic hydroxyl groups excluding tert-OH is 1. The van der Waals surface area contributed by atoms with E-state index in [0.717, 1.165) is 32.1 Å². The molecule has 0 rings (SSSR count). The molecule has 3 heteroatoms. The van der Waals surface area contributed by atoms with Crippen molar-refractivity contribution in [1.82, 2.24) is 0 Å². The molecule has 0 saturated carbocycles. The van der Waals surface area contributed by atoms with Crippen molar-refractivity contribution in [2.24, 2.45) is 0 Å². The monoisotopic (exact) mass is 162 g/mol. The van der Waals surface area contributed by atoms with Crippen LogP contribution in [0.2, 0.25) is 0 Å². The van der Waals surface area contributed by atoms with Crippen LogP contribution in [0, 0.1) is 0 Å². The Bertz CT molecular complexity index is 75.7. The van der Waals surface area contributed by atoms with Crippen LogP contribution in [-0.4, -0.2) is 23.1 Å². The smallest absolute Gasteiger partial charge is 0.0819 e. The summed E-state index contributed by atoms with van der Waals surface area (Å²) in [6, 6.07) is 0. The summed E-state index contributed by atoms with van der Waals surface area (Å²) in [5, 5.41) is 17.1. The molecule has 0 spiro atoms. The van der Waals surface area contributed by atoms with Crippen LogP contribution in [0.15, 0.2) is 0 Å². The minimum Gasteiger partial charge on any atom is -0.393 e. The van der Waals surface area contributed by atoms with Crippen molar-refractivity contribution < 1.29 is 15.3 Å². The molecule has 2 N–H and O–H groups in total. The van der Waals surface area contributed by atoms with Gasteiger partial charge in [0.1, 0.15) is 0 Å². The van der Waals surface area contributed by atoms with Crippen LogP contribution >= 0.6 is 0 Å². The molecular formula is C8H18O3. The van der Waals surface area contributed by atoms with E-state index >= 15 is 0 Å². The van der Waals surface area contributed by atoms with E-state index in [2.05, 4.69) is 4.89 Å². The Hall–Kier alpha value is -0.120. The van der Waals surface area contributed by atoms with Gasteiger partial charge < -0.3 is 5.11 Å². The minimum absolute atomic E-state index is 0.148. The van der Waals surface area contributed by atoms with E-state index in [0.29, 0.717) is 6.61 Å². The molecule has 0 heterocycles. The van der Waals surface area contributed by atoms with Crippen LogP contribution in [0.25, 0.3) is 0 Å². The highest BCUT2D eigenvalue weighted by Gasteiger charge is 1.98. The van der Waals surface area contributed by atoms with Crippen LogP contribution in [0.3, 0.4) is 0 Å². The van der Waals surface area contributed by atoms with Crippen LogP contribution in [-0.2, 0) is 4.89 Å². The van der Waals surface area contributed by atoms with E-state index in [9.17, 15) is 0 Å². The van der Waals surface area contributed by atoms with Crippen molar-refractivity contribution in [1.29, 1.82) is 0 Å². The molecule has 1 unspecified atom stereocenters. The molecule has 0 radical (unpaired) electrons. The highest BCUT2D eigenvalue weighted by Crippen LogP contribution is 2.05. The Morgan fingerprint density at radius 3 is 2.55 bits per heavy atom. The SMILES string of the molecule is CCC(O)CCCCCOO. The molecule has 0 aromatic carbocycles. The molecule has 0 aliphatic rings. The number of hydrogen-bond acceptors (Lipinski definition) is 3. The summed E-state index contributed by atoms with van der Waals surface area (Å²) in [7, 11) is 0. The lowest BCUT2D eigenvalue weighted by atomic mass is 10.1. The molecule has 0 aliphatic heterocycles. The van der Waals surface area contributed by atoms with E-state index in [4.69, 9.17) is 10.4 Å². The molecule has 1 atom stereocenters. The van der Waals surface area contributed by atoms with Gasteiger partial charge in [0, 0.05) is 0 Å². The standard InChI is InChI=1S/C8H18O3/c1-2-8(9)6-4-3-5-7-11-10/h8-10H,2-7H2,1H3. The first kappa shape index (κ1) is 10.9. The first-order valence-electron chi connectivity index (χ1n) is 4.25. The second-order valence-corrected chi connectivity index (χ2v) is 2.74. The van der Waals surface area contributed by atoms with Gasteiger partial charge in [-0.25, -0.2) is 4.89 Å². The zero-order chi connectivity index (χ0) is 8.53. The lowest BCUT2D eigenvalue weighted by Gasteiger charge is -2.05. The van der Waals surface area contributed by atoms with Crippen molar-refractivity contribution in [3.63, 3.8) is 0 Å². The summed E-state index contributed by atoms with van der Waals surface area (Å²) in [6.45, 7) is 2.38. The summed E-state index contributed by atoms with van der Waals surface area (Å²) in [5.74, 6) is 0. The van der Waals surface area contributed by atoms with Gasteiger partial charge >= 0.3 is 0 Å². The van der Waals surface area contributed by atoms with Gasteiger partial charge in [-0.05, 0) is 19.3 Å². The van der Waals surface area contributed by atoms with Crippen molar-refractivity contribution in [2.45, 2.75) is 45.1 Å². The highest BCUT2D eigenvalue weighted by atomic mass is 17.1. The lowest BCUT2D eigenvalue weighted by molar-refractivity contribution is -0.242. The highest BCUT2D eigenvalue weighted by molar-refractivity contribution is 4.52. The Labute approximate surface area is 67.9 Å². The third-order valence-electron chi connectivity index (χ3n) is 1.74. The van der Waals surface area contributed by atoms with E-state index in [1.165, 1.54) is 0 Å². The maximum atomic E-state index is 9.13. The van der Waals surface area contributed by atoms with Gasteiger partial charge in [0.05, 0.1) is 12.7 Å². The van der Waals surface area contributed by atoms with Crippen molar-refractivity contribution in [3.8, 4) is 0 Å². The van der Waals surface area contributed by atoms with Crippen LogP contribution < -0.4 is 0 Å². The number of unbranched alkanes of at least 4 members (excludes halogenated alkanes) is 2. The zero-order valence-corrected chi connectivity index (χ0v) is 7.12. The molecule has 3 nitrogen and oxygen atoms in total. The fourth-order valence-electron chi connectivity index (χ4n) is 0.927. The number of rotatable bonds is 7. The van der Waals surface area contributed by atoms with E-state index in [1.807, 2.05) is 6.92 Å². The van der Waals surface area contributed by atoms with Gasteiger partial charge in [0.15, 0.2) is 0 Å². The molecule has 0 bridgehead atoms. The summed E-state index contributed by atoms with van der Waals surface area (Å²) < 4.78 is 0. The maximum absolute atomic E-state index is 9.13. The molecule has 0 amide bonds. The van der Waals surface area contributed by atoms with Crippen molar-refractivity contribution >= 4 is 0 Å².